The summed E-state index contributed by atoms with van der Waals surface area (Å²) in [4.78, 5) is 13.7. The van der Waals surface area contributed by atoms with Gasteiger partial charge in [0.15, 0.2) is 0 Å². The maximum Gasteiger partial charge on any atom is 0.295 e. The van der Waals surface area contributed by atoms with E-state index in [1.165, 1.54) is 26.1 Å². The predicted molar refractivity (Wildman–Crippen MR) is 51.1 cm³/mol. The molecule has 0 aliphatic rings. The highest BCUT2D eigenvalue weighted by atomic mass is 35.5. The van der Waals surface area contributed by atoms with Crippen molar-refractivity contribution in [2.45, 2.75) is 19.4 Å². The van der Waals surface area contributed by atoms with Gasteiger partial charge in [-0.25, -0.2) is 4.98 Å². The van der Waals surface area contributed by atoms with Gasteiger partial charge in [0.1, 0.15) is 11.3 Å². The Morgan fingerprint density at radius 2 is 2.21 bits per heavy atom. The van der Waals surface area contributed by atoms with Crippen molar-refractivity contribution in [2.24, 2.45) is 0 Å². The Hall–Kier alpha value is -1.20. The molecule has 0 unspecified atom stereocenters. The number of nitro groups is 1. The van der Waals surface area contributed by atoms with Gasteiger partial charge in [-0.05, 0) is 13.8 Å². The summed E-state index contributed by atoms with van der Waals surface area (Å²) in [7, 11) is 0. The number of pyridine rings is 1. The van der Waals surface area contributed by atoms with Crippen LogP contribution in [0.4, 0.5) is 5.69 Å². The zero-order chi connectivity index (χ0) is 10.9. The fraction of sp³-hybridized carbons (Fsp3) is 0.375. The van der Waals surface area contributed by atoms with Gasteiger partial charge < -0.3 is 5.11 Å². The molecule has 6 heteroatoms. The lowest BCUT2D eigenvalue weighted by molar-refractivity contribution is -0.387. The highest BCUT2D eigenvalue weighted by molar-refractivity contribution is 6.30. The lowest BCUT2D eigenvalue weighted by Crippen LogP contribution is -2.19. The summed E-state index contributed by atoms with van der Waals surface area (Å²) in [6.07, 6.45) is 1.27. The molecule has 0 saturated heterocycles. The quantitative estimate of drug-likeness (QED) is 0.605. The van der Waals surface area contributed by atoms with Crippen molar-refractivity contribution in [3.8, 4) is 0 Å². The van der Waals surface area contributed by atoms with E-state index in [4.69, 9.17) is 11.6 Å². The molecule has 0 radical (unpaired) electrons. The summed E-state index contributed by atoms with van der Waals surface area (Å²) in [5.74, 6) is 0. The lowest BCUT2D eigenvalue weighted by atomic mass is 10.0. The fourth-order valence-electron chi connectivity index (χ4n) is 1.04. The number of hydrogen-bond donors (Lipinski definition) is 1. The topological polar surface area (TPSA) is 76.3 Å². The maximum atomic E-state index is 10.6. The molecule has 76 valence electrons. The first-order valence-electron chi connectivity index (χ1n) is 3.85. The third-order valence-electron chi connectivity index (χ3n) is 1.61. The number of halogens is 1. The smallest absolute Gasteiger partial charge is 0.295 e. The van der Waals surface area contributed by atoms with E-state index in [-0.39, 0.29) is 16.4 Å². The molecule has 1 heterocycles. The van der Waals surface area contributed by atoms with E-state index in [9.17, 15) is 15.2 Å². The molecule has 14 heavy (non-hydrogen) atoms. The van der Waals surface area contributed by atoms with Crippen molar-refractivity contribution in [3.63, 3.8) is 0 Å². The molecular formula is C8H9ClN2O3. The van der Waals surface area contributed by atoms with Crippen LogP contribution >= 0.6 is 11.6 Å². The molecule has 0 fully saturated rings. The minimum Gasteiger partial charge on any atom is -0.384 e. The third-order valence-corrected chi connectivity index (χ3v) is 1.82. The fourth-order valence-corrected chi connectivity index (χ4v) is 1.19. The normalized spacial score (nSPS) is 11.4. The van der Waals surface area contributed by atoms with Crippen LogP contribution in [-0.2, 0) is 5.60 Å². The van der Waals surface area contributed by atoms with Gasteiger partial charge in [-0.2, -0.15) is 0 Å². The molecule has 0 bridgehead atoms. The van der Waals surface area contributed by atoms with Crippen molar-refractivity contribution >= 4 is 17.3 Å². The lowest BCUT2D eigenvalue weighted by Gasteiger charge is -2.15. The first-order chi connectivity index (χ1) is 6.32. The first-order valence-corrected chi connectivity index (χ1v) is 4.23. The van der Waals surface area contributed by atoms with Crippen LogP contribution in [0.3, 0.4) is 0 Å². The van der Waals surface area contributed by atoms with Crippen LogP contribution < -0.4 is 0 Å². The van der Waals surface area contributed by atoms with Crippen LogP contribution in [0.25, 0.3) is 0 Å². The number of hydrogen-bond acceptors (Lipinski definition) is 4. The molecule has 0 amide bonds. The van der Waals surface area contributed by atoms with E-state index in [1.54, 1.807) is 0 Å². The molecule has 1 aromatic heterocycles. The van der Waals surface area contributed by atoms with Crippen molar-refractivity contribution in [2.75, 3.05) is 0 Å². The SMILES string of the molecule is CC(C)(O)c1ncc(Cl)cc1[N+](=O)[O-]. The molecule has 1 N–H and O–H groups in total. The molecule has 0 aliphatic heterocycles. The van der Waals surface area contributed by atoms with Crippen molar-refractivity contribution in [1.29, 1.82) is 0 Å². The maximum absolute atomic E-state index is 10.6. The van der Waals surface area contributed by atoms with Crippen LogP contribution in [0, 0.1) is 10.1 Å². The third kappa shape index (κ3) is 2.18. The zero-order valence-electron chi connectivity index (χ0n) is 7.69. The zero-order valence-corrected chi connectivity index (χ0v) is 8.45. The minimum atomic E-state index is -1.35. The number of nitrogens with zero attached hydrogens (tertiary/aromatic N) is 2. The van der Waals surface area contributed by atoms with Gasteiger partial charge in [0.2, 0.25) is 0 Å². The predicted octanol–water partition coefficient (Wildman–Crippen LogP) is 1.87. The van der Waals surface area contributed by atoms with E-state index in [0.717, 1.165) is 0 Å². The number of aromatic nitrogens is 1. The number of rotatable bonds is 2. The van der Waals surface area contributed by atoms with Crippen LogP contribution in [0.15, 0.2) is 12.3 Å². The molecule has 0 aliphatic carbocycles. The Morgan fingerprint density at radius 1 is 1.64 bits per heavy atom. The Kier molecular flexibility index (Phi) is 2.73. The van der Waals surface area contributed by atoms with Crippen molar-refractivity contribution in [1.82, 2.24) is 4.98 Å². The van der Waals surface area contributed by atoms with E-state index in [1.807, 2.05) is 0 Å². The standard InChI is InChI=1S/C8H9ClN2O3/c1-8(2,12)7-6(11(13)14)3-5(9)4-10-7/h3-4,12H,1-2H3. The molecule has 0 aromatic carbocycles. The average molecular weight is 217 g/mol. The summed E-state index contributed by atoms with van der Waals surface area (Å²) < 4.78 is 0. The molecule has 0 atom stereocenters. The van der Waals surface area contributed by atoms with Gasteiger partial charge in [-0.15, -0.1) is 0 Å². The van der Waals surface area contributed by atoms with E-state index in [2.05, 4.69) is 4.98 Å². The number of aliphatic hydroxyl groups is 1. The first kappa shape index (κ1) is 10.9. The van der Waals surface area contributed by atoms with E-state index < -0.39 is 10.5 Å². The molecule has 0 spiro atoms. The second-order valence-corrected chi connectivity index (χ2v) is 3.77. The molecule has 1 rings (SSSR count). The van der Waals surface area contributed by atoms with Gasteiger partial charge in [-0.1, -0.05) is 11.6 Å². The summed E-state index contributed by atoms with van der Waals surface area (Å²) >= 11 is 5.56. The Morgan fingerprint density at radius 3 is 2.64 bits per heavy atom. The van der Waals surface area contributed by atoms with Crippen LogP contribution in [0.2, 0.25) is 5.02 Å². The van der Waals surface area contributed by atoms with Crippen LogP contribution in [0.5, 0.6) is 0 Å². The van der Waals surface area contributed by atoms with Gasteiger partial charge >= 0.3 is 0 Å². The van der Waals surface area contributed by atoms with Crippen molar-refractivity contribution < 1.29 is 10.0 Å². The second-order valence-electron chi connectivity index (χ2n) is 3.34. The molecular weight excluding hydrogens is 208 g/mol. The van der Waals surface area contributed by atoms with E-state index >= 15 is 0 Å². The van der Waals surface area contributed by atoms with Gasteiger partial charge in [0, 0.05) is 12.3 Å². The highest BCUT2D eigenvalue weighted by Crippen LogP contribution is 2.29. The summed E-state index contributed by atoms with van der Waals surface area (Å²) in [6, 6.07) is 1.17. The van der Waals surface area contributed by atoms with Crippen LogP contribution in [0.1, 0.15) is 19.5 Å². The minimum absolute atomic E-state index is 0.00639. The Balaban J connectivity index is 3.37. The summed E-state index contributed by atoms with van der Waals surface area (Å²) in [5.41, 5.74) is -1.62. The Bertz CT molecular complexity index is 373. The van der Waals surface area contributed by atoms with Gasteiger partial charge in [0.25, 0.3) is 5.69 Å². The summed E-state index contributed by atoms with van der Waals surface area (Å²) in [5, 5.41) is 20.4. The molecule has 0 saturated carbocycles. The van der Waals surface area contributed by atoms with Crippen molar-refractivity contribution in [3.05, 3.63) is 33.1 Å². The van der Waals surface area contributed by atoms with Gasteiger partial charge in [0.05, 0.1) is 9.95 Å². The van der Waals surface area contributed by atoms with Gasteiger partial charge in [-0.3, -0.25) is 10.1 Å². The average Bonchev–Trinajstić information content (AvgIpc) is 2.01. The molecule has 5 nitrogen and oxygen atoms in total. The van der Waals surface area contributed by atoms with E-state index in [0.29, 0.717) is 0 Å². The second kappa shape index (κ2) is 3.51. The van der Waals surface area contributed by atoms with Crippen LogP contribution in [-0.4, -0.2) is 15.0 Å². The molecule has 1 aromatic rings. The largest absolute Gasteiger partial charge is 0.384 e. The Labute approximate surface area is 85.5 Å². The summed E-state index contributed by atoms with van der Waals surface area (Å²) in [6.45, 7) is 2.85. The monoisotopic (exact) mass is 216 g/mol. The highest BCUT2D eigenvalue weighted by Gasteiger charge is 2.28.